The third-order valence-corrected chi connectivity index (χ3v) is 3.70. The second kappa shape index (κ2) is 7.78. The maximum atomic E-state index is 8.79. The zero-order valence-electron chi connectivity index (χ0n) is 12.8. The average Bonchev–Trinajstić information content (AvgIpc) is 2.98. The van der Waals surface area contributed by atoms with E-state index in [1.54, 1.807) is 4.68 Å². The molecule has 0 spiro atoms. The Morgan fingerprint density at radius 3 is 2.71 bits per heavy atom. The zero-order valence-corrected chi connectivity index (χ0v) is 12.8. The number of aliphatic hydroxyl groups is 1. The molecule has 2 N–H and O–H groups in total. The van der Waals surface area contributed by atoms with Crippen molar-refractivity contribution in [1.29, 1.82) is 0 Å². The molecule has 2 aromatic rings. The lowest BCUT2D eigenvalue weighted by molar-refractivity contribution is 0.276. The van der Waals surface area contributed by atoms with Crippen molar-refractivity contribution in [2.45, 2.75) is 45.7 Å². The summed E-state index contributed by atoms with van der Waals surface area (Å²) < 4.78 is 1.76. The molecule has 1 unspecified atom stereocenters. The van der Waals surface area contributed by atoms with E-state index in [1.807, 2.05) is 6.20 Å². The fraction of sp³-hybridized carbons (Fsp3) is 0.500. The fourth-order valence-corrected chi connectivity index (χ4v) is 2.12. The van der Waals surface area contributed by atoms with Crippen molar-refractivity contribution in [3.8, 4) is 0 Å². The summed E-state index contributed by atoms with van der Waals surface area (Å²) in [6.07, 6.45) is 3.77. The quantitative estimate of drug-likeness (QED) is 0.784. The normalized spacial score (nSPS) is 12.3. The highest BCUT2D eigenvalue weighted by Crippen LogP contribution is 2.20. The number of hydrogen-bond donors (Lipinski definition) is 2. The number of nitrogens with zero attached hydrogens (tertiary/aromatic N) is 3. The van der Waals surface area contributed by atoms with Crippen LogP contribution in [-0.4, -0.2) is 26.7 Å². The number of nitrogens with one attached hydrogen (secondary N) is 1. The lowest BCUT2D eigenvalue weighted by atomic mass is 9.99. The van der Waals surface area contributed by atoms with Crippen LogP contribution in [0.3, 0.4) is 0 Å². The highest BCUT2D eigenvalue weighted by molar-refractivity contribution is 5.45. The predicted octanol–water partition coefficient (Wildman–Crippen LogP) is 2.79. The molecule has 0 aliphatic rings. The standard InChI is InChI=1S/C16H24N4O/c1-3-13(2)14-5-7-15(8-6-14)17-11-16-12-20(19-18-16)9-4-10-21/h5-8,12-13,17,21H,3-4,9-11H2,1-2H3. The largest absolute Gasteiger partial charge is 0.396 e. The van der Waals surface area contributed by atoms with Crippen molar-refractivity contribution >= 4 is 5.69 Å². The van der Waals surface area contributed by atoms with Crippen LogP contribution in [0.15, 0.2) is 30.5 Å². The van der Waals surface area contributed by atoms with Gasteiger partial charge in [-0.2, -0.15) is 0 Å². The van der Waals surface area contributed by atoms with Gasteiger partial charge in [-0.05, 0) is 36.5 Å². The van der Waals surface area contributed by atoms with Crippen LogP contribution in [0.4, 0.5) is 5.69 Å². The maximum Gasteiger partial charge on any atom is 0.102 e. The molecular formula is C16H24N4O. The van der Waals surface area contributed by atoms with Crippen LogP contribution >= 0.6 is 0 Å². The van der Waals surface area contributed by atoms with E-state index < -0.39 is 0 Å². The van der Waals surface area contributed by atoms with Gasteiger partial charge in [-0.15, -0.1) is 5.10 Å². The van der Waals surface area contributed by atoms with E-state index in [4.69, 9.17) is 5.11 Å². The number of aliphatic hydroxyl groups excluding tert-OH is 1. The first-order valence-electron chi connectivity index (χ1n) is 7.56. The third-order valence-electron chi connectivity index (χ3n) is 3.70. The van der Waals surface area contributed by atoms with Crippen LogP contribution in [0.1, 0.15) is 43.9 Å². The number of rotatable bonds is 8. The van der Waals surface area contributed by atoms with E-state index in [9.17, 15) is 0 Å². The van der Waals surface area contributed by atoms with E-state index in [-0.39, 0.29) is 6.61 Å². The minimum Gasteiger partial charge on any atom is -0.396 e. The molecule has 0 bridgehead atoms. The van der Waals surface area contributed by atoms with Gasteiger partial charge in [0.25, 0.3) is 0 Å². The van der Waals surface area contributed by atoms with Crippen molar-refractivity contribution in [3.05, 3.63) is 41.7 Å². The first-order valence-corrected chi connectivity index (χ1v) is 7.56. The molecule has 0 saturated heterocycles. The highest BCUT2D eigenvalue weighted by Gasteiger charge is 2.03. The molecular weight excluding hydrogens is 264 g/mol. The molecule has 0 fully saturated rings. The number of anilines is 1. The molecule has 2 rings (SSSR count). The number of aryl methyl sites for hydroxylation is 1. The van der Waals surface area contributed by atoms with Crippen molar-refractivity contribution in [1.82, 2.24) is 15.0 Å². The summed E-state index contributed by atoms with van der Waals surface area (Å²) in [5.41, 5.74) is 3.36. The van der Waals surface area contributed by atoms with Crippen LogP contribution in [0.25, 0.3) is 0 Å². The Morgan fingerprint density at radius 1 is 1.29 bits per heavy atom. The van der Waals surface area contributed by atoms with Gasteiger partial charge in [0.1, 0.15) is 5.69 Å². The molecule has 114 valence electrons. The van der Waals surface area contributed by atoms with E-state index in [0.29, 0.717) is 25.4 Å². The molecule has 5 nitrogen and oxygen atoms in total. The fourth-order valence-electron chi connectivity index (χ4n) is 2.12. The molecule has 1 aromatic heterocycles. The van der Waals surface area contributed by atoms with Crippen molar-refractivity contribution in [3.63, 3.8) is 0 Å². The molecule has 1 aromatic carbocycles. The van der Waals surface area contributed by atoms with Crippen molar-refractivity contribution in [2.24, 2.45) is 0 Å². The Balaban J connectivity index is 1.86. The first-order chi connectivity index (χ1) is 10.2. The molecule has 1 atom stereocenters. The minimum absolute atomic E-state index is 0.177. The van der Waals surface area contributed by atoms with E-state index >= 15 is 0 Å². The Morgan fingerprint density at radius 2 is 2.05 bits per heavy atom. The van der Waals surface area contributed by atoms with Crippen LogP contribution in [0.2, 0.25) is 0 Å². The zero-order chi connectivity index (χ0) is 15.1. The topological polar surface area (TPSA) is 63.0 Å². The Bertz CT molecular complexity index is 535. The molecule has 0 radical (unpaired) electrons. The molecule has 0 saturated carbocycles. The third kappa shape index (κ3) is 4.56. The highest BCUT2D eigenvalue weighted by atomic mass is 16.3. The maximum absolute atomic E-state index is 8.79. The Kier molecular flexibility index (Phi) is 5.75. The first kappa shape index (κ1) is 15.5. The van der Waals surface area contributed by atoms with Gasteiger partial charge in [0.15, 0.2) is 0 Å². The van der Waals surface area contributed by atoms with Crippen LogP contribution < -0.4 is 5.32 Å². The summed E-state index contributed by atoms with van der Waals surface area (Å²) in [5, 5.41) is 20.3. The summed E-state index contributed by atoms with van der Waals surface area (Å²) in [7, 11) is 0. The van der Waals surface area contributed by atoms with Crippen molar-refractivity contribution < 1.29 is 5.11 Å². The molecule has 5 heteroatoms. The van der Waals surface area contributed by atoms with Gasteiger partial charge in [-0.25, -0.2) is 0 Å². The van der Waals surface area contributed by atoms with Crippen molar-refractivity contribution in [2.75, 3.05) is 11.9 Å². The second-order valence-corrected chi connectivity index (χ2v) is 5.33. The summed E-state index contributed by atoms with van der Waals surface area (Å²) in [5.74, 6) is 0.602. The Hall–Kier alpha value is -1.88. The smallest absolute Gasteiger partial charge is 0.102 e. The summed E-state index contributed by atoms with van der Waals surface area (Å²) >= 11 is 0. The molecule has 0 amide bonds. The van der Waals surface area contributed by atoms with E-state index in [0.717, 1.165) is 17.8 Å². The molecule has 0 aliphatic heterocycles. The van der Waals surface area contributed by atoms with Gasteiger partial charge in [0.2, 0.25) is 0 Å². The summed E-state index contributed by atoms with van der Waals surface area (Å²) in [4.78, 5) is 0. The van der Waals surface area contributed by atoms with Gasteiger partial charge < -0.3 is 10.4 Å². The molecule has 1 heterocycles. The molecule has 0 aliphatic carbocycles. The van der Waals surface area contributed by atoms with Gasteiger partial charge in [0, 0.05) is 18.8 Å². The summed E-state index contributed by atoms with van der Waals surface area (Å²) in [6.45, 7) is 5.98. The number of hydrogen-bond acceptors (Lipinski definition) is 4. The van der Waals surface area contributed by atoms with Gasteiger partial charge in [0.05, 0.1) is 12.7 Å². The summed E-state index contributed by atoms with van der Waals surface area (Å²) in [6, 6.07) is 8.57. The van der Waals surface area contributed by atoms with Crippen LogP contribution in [-0.2, 0) is 13.1 Å². The van der Waals surface area contributed by atoms with Crippen LogP contribution in [0, 0.1) is 0 Å². The molecule has 21 heavy (non-hydrogen) atoms. The number of aromatic nitrogens is 3. The number of benzene rings is 1. The SMILES string of the molecule is CCC(C)c1ccc(NCc2cn(CCCO)nn2)cc1. The van der Waals surface area contributed by atoms with Gasteiger partial charge in [-0.3, -0.25) is 4.68 Å². The lowest BCUT2D eigenvalue weighted by Crippen LogP contribution is -2.01. The second-order valence-electron chi connectivity index (χ2n) is 5.33. The van der Waals surface area contributed by atoms with Crippen LogP contribution in [0.5, 0.6) is 0 Å². The van der Waals surface area contributed by atoms with Gasteiger partial charge in [-0.1, -0.05) is 31.2 Å². The Labute approximate surface area is 126 Å². The minimum atomic E-state index is 0.177. The van der Waals surface area contributed by atoms with Gasteiger partial charge >= 0.3 is 0 Å². The monoisotopic (exact) mass is 288 g/mol. The average molecular weight is 288 g/mol. The predicted molar refractivity (Wildman–Crippen MR) is 84.2 cm³/mol. The van der Waals surface area contributed by atoms with E-state index in [1.165, 1.54) is 5.56 Å². The van der Waals surface area contributed by atoms with E-state index in [2.05, 4.69) is 53.7 Å². The lowest BCUT2D eigenvalue weighted by Gasteiger charge is -2.10.